The molecule has 0 aliphatic heterocycles. The first kappa shape index (κ1) is 37.6. The molecule has 6 aromatic rings. The van der Waals surface area contributed by atoms with Gasteiger partial charge < -0.3 is 38.9 Å². The van der Waals surface area contributed by atoms with E-state index in [0.717, 1.165) is 45.1 Å². The van der Waals surface area contributed by atoms with Crippen LogP contribution in [0.5, 0.6) is 23.0 Å². The summed E-state index contributed by atoms with van der Waals surface area (Å²) < 4.78 is 46.4. The Bertz CT molecular complexity index is 2000. The molecule has 2 atom stereocenters. The van der Waals surface area contributed by atoms with Gasteiger partial charge in [-0.05, 0) is 74.0 Å². The van der Waals surface area contributed by atoms with Gasteiger partial charge in [0.1, 0.15) is 23.0 Å². The Kier molecular flexibility index (Phi) is 12.6. The summed E-state index contributed by atoms with van der Waals surface area (Å²) in [6.45, 7) is 7.69. The summed E-state index contributed by atoms with van der Waals surface area (Å²) in [5, 5.41) is 0.609. The van der Waals surface area contributed by atoms with E-state index >= 15 is 0 Å². The summed E-state index contributed by atoms with van der Waals surface area (Å²) in [6, 6.07) is 10.8. The Morgan fingerprint density at radius 3 is 1.35 bits per heavy atom. The second-order valence-corrected chi connectivity index (χ2v) is 13.5. The van der Waals surface area contributed by atoms with Gasteiger partial charge in [0.2, 0.25) is 0 Å². The number of pyridine rings is 2. The number of ether oxygens (including phenoxy) is 4. The van der Waals surface area contributed by atoms with Gasteiger partial charge in [-0.25, -0.2) is 0 Å². The molecule has 0 fully saturated rings. The smallest absolute Gasteiger partial charge is 0.497 e. The fourth-order valence-corrected chi connectivity index (χ4v) is 7.24. The molecule has 0 spiro atoms. The normalized spacial score (nSPS) is 12.1. The number of aryl methyl sites for hydroxylation is 2. The van der Waals surface area contributed by atoms with Crippen LogP contribution in [0.25, 0.3) is 22.1 Å². The SMILES string of the molecule is COc1ccc2[n-]c(S(=O)Cc3ncc(C)c(OC)c3C)nc2c1.COc1ccc2[n-]c(S(=O)Cc3ncc(C)c(OC)c3C)nc2c1.[Zn+2]. The van der Waals surface area contributed by atoms with Crippen LogP contribution in [0.2, 0.25) is 0 Å². The zero-order valence-electron chi connectivity index (χ0n) is 28.7. The van der Waals surface area contributed by atoms with Gasteiger partial charge in [-0.3, -0.25) is 18.4 Å². The maximum atomic E-state index is 12.6. The fourth-order valence-electron chi connectivity index (χ4n) is 5.11. The van der Waals surface area contributed by atoms with E-state index in [-0.39, 0.29) is 31.0 Å². The minimum Gasteiger partial charge on any atom is -0.497 e. The minimum absolute atomic E-state index is 0. The van der Waals surface area contributed by atoms with E-state index in [2.05, 4.69) is 29.9 Å². The second kappa shape index (κ2) is 16.5. The summed E-state index contributed by atoms with van der Waals surface area (Å²) in [4.78, 5) is 26.2. The van der Waals surface area contributed by atoms with Crippen molar-refractivity contribution >= 4 is 43.7 Å². The summed E-state index contributed by atoms with van der Waals surface area (Å²) in [5.74, 6) is 3.43. The number of hydrogen-bond acceptors (Lipinski definition) is 10. The Hall–Kier alpha value is -4.20. The summed E-state index contributed by atoms with van der Waals surface area (Å²) in [6.07, 6.45) is 3.46. The molecule has 0 saturated carbocycles. The molecule has 0 aliphatic rings. The molecule has 2 aromatic carbocycles. The second-order valence-electron chi connectivity index (χ2n) is 10.8. The topological polar surface area (TPSA) is 151 Å². The van der Waals surface area contributed by atoms with Gasteiger partial charge in [-0.1, -0.05) is 12.1 Å². The van der Waals surface area contributed by atoms with Crippen LogP contribution in [0.1, 0.15) is 33.6 Å². The molecule has 0 aliphatic carbocycles. The Morgan fingerprint density at radius 1 is 0.612 bits per heavy atom. The van der Waals surface area contributed by atoms with E-state index in [1.807, 2.05) is 27.7 Å². The average Bonchev–Trinajstić information content (AvgIpc) is 3.72. The minimum atomic E-state index is -1.38. The van der Waals surface area contributed by atoms with Gasteiger partial charge in [0, 0.05) is 45.0 Å². The van der Waals surface area contributed by atoms with Gasteiger partial charge in [0.05, 0.1) is 72.9 Å². The van der Waals surface area contributed by atoms with Crippen LogP contribution in [0.3, 0.4) is 0 Å². The molecule has 0 bridgehead atoms. The van der Waals surface area contributed by atoms with Gasteiger partial charge in [0.25, 0.3) is 0 Å². The molecule has 0 amide bonds. The molecule has 12 nitrogen and oxygen atoms in total. The molecule has 6 rings (SSSR count). The van der Waals surface area contributed by atoms with Gasteiger partial charge in [-0.15, -0.1) is 0 Å². The maximum absolute atomic E-state index is 12.6. The van der Waals surface area contributed by atoms with Crippen molar-refractivity contribution in [3.63, 3.8) is 0 Å². The number of aromatic nitrogens is 6. The van der Waals surface area contributed by atoms with Crippen LogP contribution in [0.15, 0.2) is 59.1 Å². The molecule has 4 aromatic heterocycles. The molecule has 49 heavy (non-hydrogen) atoms. The molecule has 0 radical (unpaired) electrons. The third kappa shape index (κ3) is 8.34. The van der Waals surface area contributed by atoms with Gasteiger partial charge in [-0.2, -0.15) is 0 Å². The monoisotopic (exact) mass is 752 g/mol. The van der Waals surface area contributed by atoms with Crippen LogP contribution < -0.4 is 28.9 Å². The molecule has 2 unspecified atom stereocenters. The van der Waals surface area contributed by atoms with Crippen molar-refractivity contribution in [2.24, 2.45) is 0 Å². The number of methoxy groups -OCH3 is 4. The number of imidazole rings is 2. The van der Waals surface area contributed by atoms with Crippen molar-refractivity contribution in [3.05, 3.63) is 82.4 Å². The first-order valence-corrected chi connectivity index (χ1v) is 17.4. The zero-order valence-corrected chi connectivity index (χ0v) is 33.3. The van der Waals surface area contributed by atoms with Gasteiger partial charge >= 0.3 is 19.5 Å². The fraction of sp³-hybridized carbons (Fsp3) is 0.294. The van der Waals surface area contributed by atoms with E-state index in [1.165, 1.54) is 0 Å². The van der Waals surface area contributed by atoms with Crippen molar-refractivity contribution < 1.29 is 46.8 Å². The summed E-state index contributed by atoms with van der Waals surface area (Å²) in [5.41, 5.74) is 7.87. The number of fused-ring (bicyclic) bond motifs is 2. The largest absolute Gasteiger partial charge is 2.00 e. The molecule has 252 valence electrons. The summed E-state index contributed by atoms with van der Waals surface area (Å²) >= 11 is 0. The standard InChI is InChI=1S/2C17H18N3O3S.Zn/c2*1-10-8-18-15(11(2)16(10)23-4)9-24(21)17-19-13-6-5-12(22-3)7-14(13)20-17;/h2*5-8H,9H2,1-4H3;/q2*-1;+2. The Balaban J connectivity index is 0.000000216. The van der Waals surface area contributed by atoms with Crippen molar-refractivity contribution in [2.45, 2.75) is 49.5 Å². The molecule has 0 saturated heterocycles. The van der Waals surface area contributed by atoms with Crippen LogP contribution in [0, 0.1) is 27.7 Å². The molecule has 0 N–H and O–H groups in total. The Morgan fingerprint density at radius 2 is 1.00 bits per heavy atom. The first-order chi connectivity index (χ1) is 23.1. The van der Waals surface area contributed by atoms with Crippen molar-refractivity contribution in [1.82, 2.24) is 29.9 Å². The van der Waals surface area contributed by atoms with E-state index in [4.69, 9.17) is 18.9 Å². The van der Waals surface area contributed by atoms with E-state index < -0.39 is 21.6 Å². The number of nitrogens with zero attached hydrogens (tertiary/aromatic N) is 6. The summed E-state index contributed by atoms with van der Waals surface area (Å²) in [7, 11) is 3.66. The van der Waals surface area contributed by atoms with E-state index in [0.29, 0.717) is 43.9 Å². The number of benzene rings is 2. The first-order valence-electron chi connectivity index (χ1n) is 14.8. The predicted octanol–water partition coefficient (Wildman–Crippen LogP) is 5.06. The van der Waals surface area contributed by atoms with Crippen molar-refractivity contribution in [2.75, 3.05) is 28.4 Å². The number of rotatable bonds is 10. The van der Waals surface area contributed by atoms with Crippen LogP contribution in [0.4, 0.5) is 0 Å². The van der Waals surface area contributed by atoms with Crippen molar-refractivity contribution in [1.29, 1.82) is 0 Å². The maximum Gasteiger partial charge on any atom is 2.00 e. The van der Waals surface area contributed by atoms with Crippen LogP contribution >= 0.6 is 0 Å². The quantitative estimate of drug-likeness (QED) is 0.172. The average molecular weight is 754 g/mol. The van der Waals surface area contributed by atoms with Crippen molar-refractivity contribution in [3.8, 4) is 23.0 Å². The zero-order chi connectivity index (χ0) is 34.5. The molecule has 15 heteroatoms. The number of hydrogen-bond donors (Lipinski definition) is 0. The third-order valence-electron chi connectivity index (χ3n) is 7.67. The Labute approximate surface area is 302 Å². The predicted molar refractivity (Wildman–Crippen MR) is 184 cm³/mol. The van der Waals surface area contributed by atoms with E-state index in [1.54, 1.807) is 77.2 Å². The molecule has 4 heterocycles. The molecular formula is C34H36N6O6S2Zn. The van der Waals surface area contributed by atoms with E-state index in [9.17, 15) is 8.42 Å². The molecular weight excluding hydrogens is 718 g/mol. The van der Waals surface area contributed by atoms with Crippen LogP contribution in [-0.2, 0) is 52.6 Å². The third-order valence-corrected chi connectivity index (χ3v) is 9.92. The van der Waals surface area contributed by atoms with Crippen LogP contribution in [-0.4, -0.2) is 56.8 Å². The van der Waals surface area contributed by atoms with Gasteiger partial charge in [0.15, 0.2) is 0 Å².